The summed E-state index contributed by atoms with van der Waals surface area (Å²) >= 11 is 0. The molecule has 2 rings (SSSR count). The number of amides is 1. The Morgan fingerprint density at radius 2 is 1.83 bits per heavy atom. The molecule has 0 bridgehead atoms. The molecule has 0 radical (unpaired) electrons. The summed E-state index contributed by atoms with van der Waals surface area (Å²) < 4.78 is 32.1. The van der Waals surface area contributed by atoms with E-state index in [0.717, 1.165) is 11.1 Å². The number of sulfonamides is 1. The van der Waals surface area contributed by atoms with Crippen LogP contribution in [0, 0.1) is 6.92 Å². The van der Waals surface area contributed by atoms with Crippen LogP contribution in [0.3, 0.4) is 0 Å². The minimum atomic E-state index is -3.84. The summed E-state index contributed by atoms with van der Waals surface area (Å²) in [6.07, 6.45) is 0. The van der Waals surface area contributed by atoms with Crippen molar-refractivity contribution in [3.05, 3.63) is 59.7 Å². The number of nitrogens with one attached hydrogen (secondary N) is 2. The summed E-state index contributed by atoms with van der Waals surface area (Å²) in [5, 5.41) is 2.67. The second-order valence-corrected chi connectivity index (χ2v) is 6.98. The maximum absolute atomic E-state index is 12.4. The number of methoxy groups -OCH3 is 1. The highest BCUT2D eigenvalue weighted by Crippen LogP contribution is 2.24. The van der Waals surface area contributed by atoms with Gasteiger partial charge in [-0.15, -0.1) is 0 Å². The van der Waals surface area contributed by atoms with Crippen molar-refractivity contribution in [1.82, 2.24) is 10.0 Å². The molecule has 2 N–H and O–H groups in total. The van der Waals surface area contributed by atoms with Crippen molar-refractivity contribution in [2.75, 3.05) is 13.7 Å². The third kappa shape index (κ3) is 4.81. The van der Waals surface area contributed by atoms with Gasteiger partial charge in [-0.2, -0.15) is 0 Å². The van der Waals surface area contributed by atoms with E-state index in [-0.39, 0.29) is 17.2 Å². The molecule has 0 fully saturated rings. The number of ether oxygens (including phenoxy) is 1. The molecule has 0 unspecified atom stereocenters. The van der Waals surface area contributed by atoms with Gasteiger partial charge in [-0.25, -0.2) is 13.1 Å². The molecule has 0 aliphatic rings. The van der Waals surface area contributed by atoms with Crippen LogP contribution in [0.4, 0.5) is 0 Å². The zero-order valence-electron chi connectivity index (χ0n) is 13.6. The fourth-order valence-corrected chi connectivity index (χ4v) is 3.33. The average molecular weight is 348 g/mol. The lowest BCUT2D eigenvalue weighted by atomic mass is 10.2. The maximum Gasteiger partial charge on any atom is 0.244 e. The van der Waals surface area contributed by atoms with Crippen molar-refractivity contribution >= 4 is 15.9 Å². The van der Waals surface area contributed by atoms with Crippen LogP contribution in [0.25, 0.3) is 0 Å². The van der Waals surface area contributed by atoms with Crippen LogP contribution >= 0.6 is 0 Å². The Morgan fingerprint density at radius 3 is 2.50 bits per heavy atom. The molecule has 0 atom stereocenters. The van der Waals surface area contributed by atoms with Crippen LogP contribution in [0.15, 0.2) is 53.4 Å². The van der Waals surface area contributed by atoms with E-state index in [9.17, 15) is 13.2 Å². The largest absolute Gasteiger partial charge is 0.495 e. The van der Waals surface area contributed by atoms with Gasteiger partial charge in [0.25, 0.3) is 0 Å². The highest BCUT2D eigenvalue weighted by atomic mass is 32.2. The van der Waals surface area contributed by atoms with E-state index < -0.39 is 15.9 Å². The van der Waals surface area contributed by atoms with E-state index in [1.807, 2.05) is 30.3 Å². The third-order valence-corrected chi connectivity index (χ3v) is 4.79. The van der Waals surface area contributed by atoms with Crippen LogP contribution in [-0.4, -0.2) is 28.0 Å². The smallest absolute Gasteiger partial charge is 0.244 e. The molecule has 6 nitrogen and oxygen atoms in total. The summed E-state index contributed by atoms with van der Waals surface area (Å²) in [4.78, 5) is 11.9. The number of aryl methyl sites for hydroxylation is 1. The molecule has 128 valence electrons. The van der Waals surface area contributed by atoms with Crippen molar-refractivity contribution < 1.29 is 17.9 Å². The van der Waals surface area contributed by atoms with Gasteiger partial charge in [-0.1, -0.05) is 36.4 Å². The van der Waals surface area contributed by atoms with Gasteiger partial charge in [-0.05, 0) is 30.2 Å². The second kappa shape index (κ2) is 7.94. The molecule has 7 heteroatoms. The molecule has 1 amide bonds. The molecule has 24 heavy (non-hydrogen) atoms. The molecule has 0 spiro atoms. The minimum Gasteiger partial charge on any atom is -0.495 e. The molecule has 0 aliphatic carbocycles. The summed E-state index contributed by atoms with van der Waals surface area (Å²) in [6.45, 7) is 1.78. The molecule has 0 aromatic heterocycles. The Labute approximate surface area is 141 Å². The van der Waals surface area contributed by atoms with Gasteiger partial charge in [0, 0.05) is 6.54 Å². The fraction of sp³-hybridized carbons (Fsp3) is 0.235. The quantitative estimate of drug-likeness (QED) is 0.796. The van der Waals surface area contributed by atoms with Crippen molar-refractivity contribution in [1.29, 1.82) is 0 Å². The Balaban J connectivity index is 1.97. The number of hydrogen-bond donors (Lipinski definition) is 2. The minimum absolute atomic E-state index is 0.0147. The molecular weight excluding hydrogens is 328 g/mol. The van der Waals surface area contributed by atoms with Gasteiger partial charge in [-0.3, -0.25) is 4.79 Å². The van der Waals surface area contributed by atoms with E-state index in [1.54, 1.807) is 19.1 Å². The van der Waals surface area contributed by atoms with Crippen molar-refractivity contribution in [2.45, 2.75) is 18.4 Å². The first kappa shape index (κ1) is 18.0. The Morgan fingerprint density at radius 1 is 1.12 bits per heavy atom. The molecule has 2 aromatic carbocycles. The SMILES string of the molecule is COc1ccc(C)cc1S(=O)(=O)NCC(=O)NCc1ccccc1. The number of carbonyl (C=O) groups is 1. The molecule has 0 aliphatic heterocycles. The summed E-state index contributed by atoms with van der Waals surface area (Å²) in [5.74, 6) is -0.174. The Hall–Kier alpha value is -2.38. The fourth-order valence-electron chi connectivity index (χ4n) is 2.09. The lowest BCUT2D eigenvalue weighted by Gasteiger charge is -2.11. The van der Waals surface area contributed by atoms with E-state index in [4.69, 9.17) is 4.74 Å². The average Bonchev–Trinajstić information content (AvgIpc) is 2.59. The van der Waals surface area contributed by atoms with Crippen molar-refractivity contribution in [2.24, 2.45) is 0 Å². The van der Waals surface area contributed by atoms with Crippen LogP contribution in [-0.2, 0) is 21.4 Å². The van der Waals surface area contributed by atoms with Gasteiger partial charge in [0.1, 0.15) is 10.6 Å². The van der Waals surface area contributed by atoms with Gasteiger partial charge >= 0.3 is 0 Å². The lowest BCUT2D eigenvalue weighted by Crippen LogP contribution is -2.36. The zero-order valence-corrected chi connectivity index (χ0v) is 14.4. The summed E-state index contributed by atoms with van der Waals surface area (Å²) in [7, 11) is -2.44. The number of benzene rings is 2. The van der Waals surface area contributed by atoms with E-state index >= 15 is 0 Å². The Bertz CT molecular complexity index is 805. The molecule has 0 heterocycles. The maximum atomic E-state index is 12.4. The lowest BCUT2D eigenvalue weighted by molar-refractivity contribution is -0.120. The van der Waals surface area contributed by atoms with E-state index in [2.05, 4.69) is 10.0 Å². The number of hydrogen-bond acceptors (Lipinski definition) is 4. The van der Waals surface area contributed by atoms with Crippen molar-refractivity contribution in [3.63, 3.8) is 0 Å². The molecule has 0 saturated carbocycles. The van der Waals surface area contributed by atoms with Crippen LogP contribution in [0.5, 0.6) is 5.75 Å². The highest BCUT2D eigenvalue weighted by Gasteiger charge is 2.20. The van der Waals surface area contributed by atoms with Crippen LogP contribution < -0.4 is 14.8 Å². The van der Waals surface area contributed by atoms with Gasteiger partial charge in [0.15, 0.2) is 0 Å². The second-order valence-electron chi connectivity index (χ2n) is 5.24. The number of rotatable bonds is 7. The monoisotopic (exact) mass is 348 g/mol. The molecule has 0 saturated heterocycles. The van der Waals surface area contributed by atoms with Crippen molar-refractivity contribution in [3.8, 4) is 5.75 Å². The first-order valence-corrected chi connectivity index (χ1v) is 8.85. The first-order valence-electron chi connectivity index (χ1n) is 7.37. The third-order valence-electron chi connectivity index (χ3n) is 3.36. The highest BCUT2D eigenvalue weighted by molar-refractivity contribution is 7.89. The van der Waals surface area contributed by atoms with Gasteiger partial charge in [0.2, 0.25) is 15.9 Å². The molecular formula is C17H20N2O4S. The van der Waals surface area contributed by atoms with E-state index in [1.165, 1.54) is 13.2 Å². The van der Waals surface area contributed by atoms with Gasteiger partial charge < -0.3 is 10.1 Å². The standard InChI is InChI=1S/C17H20N2O4S/c1-13-8-9-15(23-2)16(10-13)24(21,22)19-12-17(20)18-11-14-6-4-3-5-7-14/h3-10,19H,11-12H2,1-2H3,(H,18,20). The van der Waals surface area contributed by atoms with Crippen LogP contribution in [0.1, 0.15) is 11.1 Å². The van der Waals surface area contributed by atoms with E-state index in [0.29, 0.717) is 6.54 Å². The first-order chi connectivity index (χ1) is 11.4. The zero-order chi connectivity index (χ0) is 17.6. The Kier molecular flexibility index (Phi) is 5.94. The predicted octanol–water partition coefficient (Wildman–Crippen LogP) is 1.60. The molecule has 2 aromatic rings. The summed E-state index contributed by atoms with van der Waals surface area (Å²) in [6, 6.07) is 14.2. The predicted molar refractivity (Wildman–Crippen MR) is 91.2 cm³/mol. The van der Waals surface area contributed by atoms with Gasteiger partial charge in [0.05, 0.1) is 13.7 Å². The summed E-state index contributed by atoms with van der Waals surface area (Å²) in [5.41, 5.74) is 1.72. The van der Waals surface area contributed by atoms with Crippen LogP contribution in [0.2, 0.25) is 0 Å². The number of carbonyl (C=O) groups excluding carboxylic acids is 1. The topological polar surface area (TPSA) is 84.5 Å². The normalized spacial score (nSPS) is 11.1.